The van der Waals surface area contributed by atoms with Crippen molar-refractivity contribution in [3.05, 3.63) is 65.6 Å². The number of hydrogen-bond donors (Lipinski definition) is 2. The molecule has 0 spiro atoms. The Labute approximate surface area is 147 Å². The Balaban J connectivity index is 1.50. The Hall–Kier alpha value is -2.69. The van der Waals surface area contributed by atoms with E-state index < -0.39 is 5.82 Å². The van der Waals surface area contributed by atoms with Gasteiger partial charge < -0.3 is 10.6 Å². The van der Waals surface area contributed by atoms with E-state index >= 15 is 0 Å². The predicted molar refractivity (Wildman–Crippen MR) is 98.2 cm³/mol. The van der Waals surface area contributed by atoms with Gasteiger partial charge in [0.05, 0.1) is 11.9 Å². The number of carbonyl (C=O) groups is 1. The summed E-state index contributed by atoms with van der Waals surface area (Å²) >= 11 is 0. The monoisotopic (exact) mass is 339 g/mol. The molecule has 0 saturated carbocycles. The van der Waals surface area contributed by atoms with Crippen molar-refractivity contribution in [1.82, 2.24) is 4.98 Å². The van der Waals surface area contributed by atoms with Crippen molar-refractivity contribution in [3.63, 3.8) is 0 Å². The van der Waals surface area contributed by atoms with Gasteiger partial charge in [0.2, 0.25) is 0 Å². The van der Waals surface area contributed by atoms with Crippen molar-refractivity contribution in [1.29, 1.82) is 0 Å². The highest BCUT2D eigenvalue weighted by Gasteiger charge is 2.08. The molecular weight excluding hydrogens is 317 g/mol. The van der Waals surface area contributed by atoms with Crippen molar-refractivity contribution in [2.45, 2.75) is 32.1 Å². The van der Waals surface area contributed by atoms with E-state index in [1.165, 1.54) is 49.5 Å². The van der Waals surface area contributed by atoms with E-state index in [0.29, 0.717) is 5.82 Å². The normalized spacial score (nSPS) is 13.9. The standard InChI is InChI=1S/C20H22FN3O/c21-17-8-4-7-16(13-17)20(25)24-19-10-9-18(14-23-19)22-12-11-15-5-2-1-3-6-15/h4-5,7-10,13-14,22H,1-3,6,11-12H2,(H,23,24,25). The first kappa shape index (κ1) is 17.1. The number of nitrogens with zero attached hydrogens (tertiary/aromatic N) is 1. The molecule has 1 aromatic heterocycles. The minimum atomic E-state index is -0.437. The smallest absolute Gasteiger partial charge is 0.256 e. The van der Waals surface area contributed by atoms with Crippen LogP contribution in [0.5, 0.6) is 0 Å². The van der Waals surface area contributed by atoms with E-state index in [1.807, 2.05) is 6.07 Å². The summed E-state index contributed by atoms with van der Waals surface area (Å²) in [5.74, 6) is -0.375. The van der Waals surface area contributed by atoms with Crippen molar-refractivity contribution >= 4 is 17.4 Å². The summed E-state index contributed by atoms with van der Waals surface area (Å²) in [6.07, 6.45) is 10.1. The molecule has 130 valence electrons. The minimum Gasteiger partial charge on any atom is -0.383 e. The maximum Gasteiger partial charge on any atom is 0.256 e. The second-order valence-electron chi connectivity index (χ2n) is 6.18. The van der Waals surface area contributed by atoms with Gasteiger partial charge in [-0.15, -0.1) is 0 Å². The molecule has 1 aromatic carbocycles. The number of aromatic nitrogens is 1. The molecule has 0 aliphatic heterocycles. The fourth-order valence-corrected chi connectivity index (χ4v) is 2.89. The van der Waals surface area contributed by atoms with Crippen LogP contribution in [0, 0.1) is 5.82 Å². The fraction of sp³-hybridized carbons (Fsp3) is 0.300. The van der Waals surface area contributed by atoms with Crippen molar-refractivity contribution in [2.75, 3.05) is 17.2 Å². The van der Waals surface area contributed by atoms with Crippen LogP contribution in [0.4, 0.5) is 15.9 Å². The summed E-state index contributed by atoms with van der Waals surface area (Å²) in [7, 11) is 0. The number of rotatable bonds is 6. The lowest BCUT2D eigenvalue weighted by atomic mass is 9.97. The number of hydrogen-bond acceptors (Lipinski definition) is 3. The number of carbonyl (C=O) groups excluding carboxylic acids is 1. The Morgan fingerprint density at radius 1 is 1.20 bits per heavy atom. The minimum absolute atomic E-state index is 0.268. The zero-order chi connectivity index (χ0) is 17.5. The van der Waals surface area contributed by atoms with Gasteiger partial charge >= 0.3 is 0 Å². The highest BCUT2D eigenvalue weighted by atomic mass is 19.1. The maximum atomic E-state index is 13.2. The Kier molecular flexibility index (Phi) is 5.77. The molecular formula is C20H22FN3O. The molecule has 0 atom stereocenters. The van der Waals surface area contributed by atoms with Gasteiger partial charge in [0, 0.05) is 12.1 Å². The second-order valence-corrected chi connectivity index (χ2v) is 6.18. The average Bonchev–Trinajstić information content (AvgIpc) is 2.64. The second kappa shape index (κ2) is 8.42. The lowest BCUT2D eigenvalue weighted by molar-refractivity contribution is 0.102. The van der Waals surface area contributed by atoms with E-state index in [4.69, 9.17) is 0 Å². The number of allylic oxidation sites excluding steroid dienone is 1. The number of pyridine rings is 1. The number of amides is 1. The van der Waals surface area contributed by atoms with Gasteiger partial charge in [0.1, 0.15) is 11.6 Å². The van der Waals surface area contributed by atoms with Gasteiger partial charge in [0.25, 0.3) is 5.91 Å². The van der Waals surface area contributed by atoms with E-state index in [0.717, 1.165) is 18.7 Å². The van der Waals surface area contributed by atoms with Crippen molar-refractivity contribution in [2.24, 2.45) is 0 Å². The van der Waals surface area contributed by atoms with E-state index in [9.17, 15) is 9.18 Å². The molecule has 1 heterocycles. The van der Waals surface area contributed by atoms with Crippen LogP contribution >= 0.6 is 0 Å². The molecule has 0 radical (unpaired) electrons. The molecule has 25 heavy (non-hydrogen) atoms. The molecule has 2 N–H and O–H groups in total. The van der Waals surface area contributed by atoms with Gasteiger partial charge in [0.15, 0.2) is 0 Å². The maximum absolute atomic E-state index is 13.2. The number of halogens is 1. The third-order valence-electron chi connectivity index (χ3n) is 4.25. The Bertz CT molecular complexity index is 756. The highest BCUT2D eigenvalue weighted by molar-refractivity contribution is 6.03. The lowest BCUT2D eigenvalue weighted by Crippen LogP contribution is -2.13. The molecule has 3 rings (SSSR count). The van der Waals surface area contributed by atoms with Gasteiger partial charge in [-0.3, -0.25) is 4.79 Å². The van der Waals surface area contributed by atoms with Gasteiger partial charge in [-0.1, -0.05) is 17.7 Å². The van der Waals surface area contributed by atoms with Crippen molar-refractivity contribution < 1.29 is 9.18 Å². The molecule has 0 unspecified atom stereocenters. The van der Waals surface area contributed by atoms with Crippen LogP contribution in [0.15, 0.2) is 54.2 Å². The highest BCUT2D eigenvalue weighted by Crippen LogP contribution is 2.20. The summed E-state index contributed by atoms with van der Waals surface area (Å²) in [5, 5.41) is 6.01. The average molecular weight is 339 g/mol. The SMILES string of the molecule is O=C(Nc1ccc(NCCC2=CCCCC2)cn1)c1cccc(F)c1. The third kappa shape index (κ3) is 5.14. The van der Waals surface area contributed by atoms with Gasteiger partial charge in [-0.25, -0.2) is 9.37 Å². The summed E-state index contributed by atoms with van der Waals surface area (Å²) < 4.78 is 13.2. The van der Waals surface area contributed by atoms with Crippen LogP contribution in [0.1, 0.15) is 42.5 Å². The topological polar surface area (TPSA) is 54.0 Å². The first-order valence-corrected chi connectivity index (χ1v) is 8.65. The molecule has 2 aromatic rings. The quantitative estimate of drug-likeness (QED) is 0.745. The summed E-state index contributed by atoms with van der Waals surface area (Å²) in [6, 6.07) is 9.19. The van der Waals surface area contributed by atoms with Gasteiger partial charge in [-0.05, 0) is 62.4 Å². The third-order valence-corrected chi connectivity index (χ3v) is 4.25. The first-order valence-electron chi connectivity index (χ1n) is 8.65. The van der Waals surface area contributed by atoms with E-state index in [2.05, 4.69) is 21.7 Å². The summed E-state index contributed by atoms with van der Waals surface area (Å²) in [5.41, 5.74) is 2.72. The van der Waals surface area contributed by atoms with Crippen LogP contribution in [0.3, 0.4) is 0 Å². The molecule has 0 bridgehead atoms. The van der Waals surface area contributed by atoms with E-state index in [-0.39, 0.29) is 11.5 Å². The molecule has 4 nitrogen and oxygen atoms in total. The van der Waals surface area contributed by atoms with Gasteiger partial charge in [-0.2, -0.15) is 0 Å². The lowest BCUT2D eigenvalue weighted by Gasteiger charge is -2.13. The van der Waals surface area contributed by atoms with Crippen LogP contribution < -0.4 is 10.6 Å². The zero-order valence-corrected chi connectivity index (χ0v) is 14.1. The molecule has 0 fully saturated rings. The fourth-order valence-electron chi connectivity index (χ4n) is 2.89. The molecule has 1 aliphatic rings. The van der Waals surface area contributed by atoms with Crippen LogP contribution in [-0.2, 0) is 0 Å². The number of anilines is 2. The van der Waals surface area contributed by atoms with Crippen LogP contribution in [0.2, 0.25) is 0 Å². The predicted octanol–water partition coefficient (Wildman–Crippen LogP) is 4.78. The summed E-state index contributed by atoms with van der Waals surface area (Å²) in [6.45, 7) is 0.877. The van der Waals surface area contributed by atoms with E-state index in [1.54, 1.807) is 18.3 Å². The Morgan fingerprint density at radius 2 is 2.12 bits per heavy atom. The Morgan fingerprint density at radius 3 is 2.84 bits per heavy atom. The van der Waals surface area contributed by atoms with Crippen LogP contribution in [0.25, 0.3) is 0 Å². The van der Waals surface area contributed by atoms with Crippen molar-refractivity contribution in [3.8, 4) is 0 Å². The zero-order valence-electron chi connectivity index (χ0n) is 14.1. The molecule has 0 saturated heterocycles. The number of benzene rings is 1. The van der Waals surface area contributed by atoms with Crippen LogP contribution in [-0.4, -0.2) is 17.4 Å². The first-order chi connectivity index (χ1) is 12.2. The molecule has 5 heteroatoms. The molecule has 1 amide bonds. The summed E-state index contributed by atoms with van der Waals surface area (Å²) in [4.78, 5) is 16.3. The number of nitrogens with one attached hydrogen (secondary N) is 2. The largest absolute Gasteiger partial charge is 0.383 e. The molecule has 1 aliphatic carbocycles.